The quantitative estimate of drug-likeness (QED) is 0.884. The summed E-state index contributed by atoms with van der Waals surface area (Å²) < 4.78 is 45.2. The highest BCUT2D eigenvalue weighted by Gasteiger charge is 2.28. The number of ether oxygens (including phenoxy) is 2. The molecule has 0 spiro atoms. The lowest BCUT2D eigenvalue weighted by Gasteiger charge is -2.20. The van der Waals surface area contributed by atoms with Crippen LogP contribution >= 0.6 is 0 Å². The molecule has 0 aromatic heterocycles. The molecule has 0 aliphatic carbocycles. The van der Waals surface area contributed by atoms with Crippen LogP contribution in [0.4, 0.5) is 18.9 Å². The average Bonchev–Trinajstić information content (AvgIpc) is 2.36. The maximum absolute atomic E-state index is 11.9. The minimum absolute atomic E-state index is 0.0937. The van der Waals surface area contributed by atoms with Gasteiger partial charge in [-0.2, -0.15) is 13.2 Å². The lowest BCUT2D eigenvalue weighted by atomic mass is 10.1. The van der Waals surface area contributed by atoms with E-state index >= 15 is 0 Å². The Bertz CT molecular complexity index is 504. The second-order valence-electron chi connectivity index (χ2n) is 4.24. The number of carbonyl (C=O) groups excluding carboxylic acids is 1. The van der Waals surface area contributed by atoms with Crippen molar-refractivity contribution in [2.45, 2.75) is 12.3 Å². The first kappa shape index (κ1) is 14.6. The van der Waals surface area contributed by atoms with E-state index in [-0.39, 0.29) is 12.5 Å². The van der Waals surface area contributed by atoms with Crippen molar-refractivity contribution < 1.29 is 32.5 Å². The summed E-state index contributed by atoms with van der Waals surface area (Å²) in [5, 5.41) is 12.3. The molecule has 0 saturated carbocycles. The van der Waals surface area contributed by atoms with Crippen LogP contribution in [-0.4, -0.2) is 37.0 Å². The Morgan fingerprint density at radius 1 is 1.45 bits per heavy atom. The molecule has 5 nitrogen and oxygen atoms in total. The fourth-order valence-electron chi connectivity index (χ4n) is 1.69. The molecule has 8 heteroatoms. The number of hydrogen-bond donors (Lipinski definition) is 2. The third-order valence-electron chi connectivity index (χ3n) is 2.56. The van der Waals surface area contributed by atoms with E-state index in [1.54, 1.807) is 0 Å². The number of alkyl halides is 3. The summed E-state index contributed by atoms with van der Waals surface area (Å²) in [7, 11) is 0. The number of halogens is 3. The SMILES string of the molecule is O=C1COc2ccc(C(O)COCC(F)(F)F)cc2N1. The number of rotatable bonds is 4. The zero-order valence-corrected chi connectivity index (χ0v) is 10.2. The zero-order valence-electron chi connectivity index (χ0n) is 10.2. The van der Waals surface area contributed by atoms with Crippen LogP contribution in [0.25, 0.3) is 0 Å². The van der Waals surface area contributed by atoms with E-state index in [4.69, 9.17) is 4.74 Å². The molecule has 1 aromatic rings. The number of aliphatic hydroxyl groups is 1. The molecule has 1 aromatic carbocycles. The summed E-state index contributed by atoms with van der Waals surface area (Å²) in [5.74, 6) is 0.106. The standard InChI is InChI=1S/C12H12F3NO4/c13-12(14,15)6-19-4-9(17)7-1-2-10-8(3-7)16-11(18)5-20-10/h1-3,9,17H,4-6H2,(H,16,18). The molecule has 110 valence electrons. The topological polar surface area (TPSA) is 67.8 Å². The zero-order chi connectivity index (χ0) is 14.8. The summed E-state index contributed by atoms with van der Waals surface area (Å²) >= 11 is 0. The molecule has 0 fully saturated rings. The van der Waals surface area contributed by atoms with Crippen molar-refractivity contribution in [3.05, 3.63) is 23.8 Å². The van der Waals surface area contributed by atoms with Gasteiger partial charge in [0, 0.05) is 0 Å². The molecule has 1 atom stereocenters. The molecule has 1 aliphatic rings. The predicted molar refractivity (Wildman–Crippen MR) is 62.4 cm³/mol. The first-order valence-electron chi connectivity index (χ1n) is 5.74. The Kier molecular flexibility index (Phi) is 4.15. The van der Waals surface area contributed by atoms with Crippen molar-refractivity contribution in [3.8, 4) is 5.75 Å². The van der Waals surface area contributed by atoms with Crippen LogP contribution in [0.2, 0.25) is 0 Å². The van der Waals surface area contributed by atoms with Crippen LogP contribution in [0.15, 0.2) is 18.2 Å². The highest BCUT2D eigenvalue weighted by molar-refractivity contribution is 5.95. The fourth-order valence-corrected chi connectivity index (χ4v) is 1.69. The Morgan fingerprint density at radius 2 is 2.20 bits per heavy atom. The van der Waals surface area contributed by atoms with E-state index in [9.17, 15) is 23.1 Å². The number of fused-ring (bicyclic) bond motifs is 1. The number of carbonyl (C=O) groups is 1. The normalized spacial score (nSPS) is 16.1. The van der Waals surface area contributed by atoms with Crippen molar-refractivity contribution in [2.24, 2.45) is 0 Å². The number of aliphatic hydroxyl groups excluding tert-OH is 1. The highest BCUT2D eigenvalue weighted by Crippen LogP contribution is 2.30. The molecule has 0 radical (unpaired) electrons. The fraction of sp³-hybridized carbons (Fsp3) is 0.417. The van der Waals surface area contributed by atoms with Gasteiger partial charge in [0.05, 0.1) is 12.3 Å². The molecule has 2 rings (SSSR count). The lowest BCUT2D eigenvalue weighted by Crippen LogP contribution is -2.25. The number of nitrogens with one attached hydrogen (secondary N) is 1. The monoisotopic (exact) mass is 291 g/mol. The minimum atomic E-state index is -4.43. The van der Waals surface area contributed by atoms with Gasteiger partial charge in [-0.25, -0.2) is 0 Å². The Morgan fingerprint density at radius 3 is 2.90 bits per heavy atom. The van der Waals surface area contributed by atoms with Gasteiger partial charge in [0.25, 0.3) is 5.91 Å². The third kappa shape index (κ3) is 3.84. The number of hydrogen-bond acceptors (Lipinski definition) is 4. The average molecular weight is 291 g/mol. The summed E-state index contributed by atoms with van der Waals surface area (Å²) in [6, 6.07) is 4.46. The van der Waals surface area contributed by atoms with Gasteiger partial charge in [-0.1, -0.05) is 6.07 Å². The molecule has 1 amide bonds. The van der Waals surface area contributed by atoms with Gasteiger partial charge in [-0.05, 0) is 17.7 Å². The van der Waals surface area contributed by atoms with Gasteiger partial charge in [0.1, 0.15) is 18.5 Å². The molecule has 20 heavy (non-hydrogen) atoms. The van der Waals surface area contributed by atoms with Gasteiger partial charge in [0.15, 0.2) is 6.61 Å². The summed E-state index contributed by atoms with van der Waals surface area (Å²) in [5.41, 5.74) is 0.699. The van der Waals surface area contributed by atoms with Crippen LogP contribution < -0.4 is 10.1 Å². The van der Waals surface area contributed by atoms with Crippen molar-refractivity contribution in [2.75, 3.05) is 25.1 Å². The Balaban J connectivity index is 1.98. The largest absolute Gasteiger partial charge is 0.482 e. The molecule has 1 heterocycles. The maximum Gasteiger partial charge on any atom is 0.411 e. The summed E-state index contributed by atoms with van der Waals surface area (Å²) in [4.78, 5) is 11.1. The number of benzene rings is 1. The van der Waals surface area contributed by atoms with E-state index in [2.05, 4.69) is 10.1 Å². The van der Waals surface area contributed by atoms with Crippen LogP contribution in [0.1, 0.15) is 11.7 Å². The molecule has 0 bridgehead atoms. The Labute approximate surface area is 112 Å². The van der Waals surface area contributed by atoms with Gasteiger partial charge in [-0.3, -0.25) is 4.79 Å². The summed E-state index contributed by atoms with van der Waals surface area (Å²) in [6.45, 7) is -2.01. The van der Waals surface area contributed by atoms with E-state index in [1.165, 1.54) is 18.2 Å². The van der Waals surface area contributed by atoms with Crippen molar-refractivity contribution in [1.29, 1.82) is 0 Å². The molecule has 2 N–H and O–H groups in total. The minimum Gasteiger partial charge on any atom is -0.482 e. The smallest absolute Gasteiger partial charge is 0.411 e. The number of anilines is 1. The second kappa shape index (κ2) is 5.68. The molecular weight excluding hydrogens is 279 g/mol. The van der Waals surface area contributed by atoms with Crippen LogP contribution in [0, 0.1) is 0 Å². The highest BCUT2D eigenvalue weighted by atomic mass is 19.4. The van der Waals surface area contributed by atoms with Gasteiger partial charge < -0.3 is 19.9 Å². The van der Waals surface area contributed by atoms with E-state index in [0.29, 0.717) is 17.0 Å². The van der Waals surface area contributed by atoms with Gasteiger partial charge in [0.2, 0.25) is 0 Å². The van der Waals surface area contributed by atoms with E-state index < -0.39 is 25.5 Å². The molecule has 1 unspecified atom stereocenters. The van der Waals surface area contributed by atoms with Crippen molar-refractivity contribution in [1.82, 2.24) is 0 Å². The predicted octanol–water partition coefficient (Wildman–Crippen LogP) is 1.63. The Hall–Kier alpha value is -1.80. The lowest BCUT2D eigenvalue weighted by molar-refractivity contribution is -0.179. The van der Waals surface area contributed by atoms with E-state index in [1.807, 2.05) is 0 Å². The molecule has 1 aliphatic heterocycles. The van der Waals surface area contributed by atoms with Gasteiger partial charge >= 0.3 is 6.18 Å². The molecule has 0 saturated heterocycles. The third-order valence-corrected chi connectivity index (χ3v) is 2.56. The van der Waals surface area contributed by atoms with Crippen molar-refractivity contribution in [3.63, 3.8) is 0 Å². The first-order valence-corrected chi connectivity index (χ1v) is 5.74. The van der Waals surface area contributed by atoms with Gasteiger partial charge in [-0.15, -0.1) is 0 Å². The van der Waals surface area contributed by atoms with E-state index in [0.717, 1.165) is 0 Å². The second-order valence-corrected chi connectivity index (χ2v) is 4.24. The molecular formula is C12H12F3NO4. The van der Waals surface area contributed by atoms with Crippen LogP contribution in [0.5, 0.6) is 5.75 Å². The maximum atomic E-state index is 11.9. The van der Waals surface area contributed by atoms with Crippen LogP contribution in [0.3, 0.4) is 0 Å². The number of amides is 1. The first-order chi connectivity index (χ1) is 9.35. The summed E-state index contributed by atoms with van der Waals surface area (Å²) in [6.07, 6.45) is -5.65. The van der Waals surface area contributed by atoms with Crippen LogP contribution in [-0.2, 0) is 9.53 Å². The van der Waals surface area contributed by atoms with Crippen molar-refractivity contribution >= 4 is 11.6 Å².